The monoisotopic (exact) mass is 232 g/mol. The fourth-order valence-electron chi connectivity index (χ4n) is 2.02. The van der Waals surface area contributed by atoms with Gasteiger partial charge in [0.25, 0.3) is 0 Å². The van der Waals surface area contributed by atoms with E-state index in [-0.39, 0.29) is 0 Å². The van der Waals surface area contributed by atoms with E-state index in [1.165, 1.54) is 0 Å². The molecule has 0 bridgehead atoms. The van der Waals surface area contributed by atoms with E-state index >= 15 is 0 Å². The number of hydrogen-bond donors (Lipinski definition) is 1. The molecule has 1 aliphatic rings. The van der Waals surface area contributed by atoms with Crippen molar-refractivity contribution in [1.29, 1.82) is 0 Å². The number of nitrogens with one attached hydrogen (secondary N) is 1. The van der Waals surface area contributed by atoms with Crippen LogP contribution in [0.4, 0.5) is 0 Å². The molecule has 3 heterocycles. The maximum Gasteiger partial charge on any atom is 0.232 e. The zero-order chi connectivity index (χ0) is 11.7. The van der Waals surface area contributed by atoms with Gasteiger partial charge in [-0.25, -0.2) is 0 Å². The van der Waals surface area contributed by atoms with E-state index in [1.807, 2.05) is 12.1 Å². The SMILES string of the molecule is CCCn1cccc1-c1noc(C2CNC2)n1. The summed E-state index contributed by atoms with van der Waals surface area (Å²) in [6.45, 7) is 5.03. The Kier molecular flexibility index (Phi) is 2.68. The molecule has 0 amide bonds. The molecule has 3 rings (SSSR count). The summed E-state index contributed by atoms with van der Waals surface area (Å²) in [6.07, 6.45) is 3.15. The van der Waals surface area contributed by atoms with Crippen molar-refractivity contribution in [3.05, 3.63) is 24.2 Å². The second-order valence-electron chi connectivity index (χ2n) is 4.40. The summed E-state index contributed by atoms with van der Waals surface area (Å²) < 4.78 is 7.47. The molecule has 0 radical (unpaired) electrons. The molecule has 0 aliphatic carbocycles. The summed E-state index contributed by atoms with van der Waals surface area (Å²) in [4.78, 5) is 4.48. The minimum Gasteiger partial charge on any atom is -0.345 e. The zero-order valence-electron chi connectivity index (χ0n) is 9.89. The lowest BCUT2D eigenvalue weighted by atomic mass is 10.0. The first kappa shape index (κ1) is 10.5. The van der Waals surface area contributed by atoms with Crippen LogP contribution >= 0.6 is 0 Å². The highest BCUT2D eigenvalue weighted by atomic mass is 16.5. The molecule has 2 aromatic heterocycles. The Morgan fingerprint density at radius 2 is 2.41 bits per heavy atom. The first-order chi connectivity index (χ1) is 8.38. The van der Waals surface area contributed by atoms with Gasteiger partial charge in [0.1, 0.15) is 0 Å². The summed E-state index contributed by atoms with van der Waals surface area (Å²) in [5, 5.41) is 7.27. The Morgan fingerprint density at radius 1 is 1.53 bits per heavy atom. The smallest absolute Gasteiger partial charge is 0.232 e. The van der Waals surface area contributed by atoms with Gasteiger partial charge in [0.05, 0.1) is 11.6 Å². The van der Waals surface area contributed by atoms with Crippen LogP contribution in [0.3, 0.4) is 0 Å². The Labute approximate surface area is 99.8 Å². The summed E-state index contributed by atoms with van der Waals surface area (Å²) in [5.74, 6) is 1.85. The van der Waals surface area contributed by atoms with E-state index in [2.05, 4.69) is 33.1 Å². The van der Waals surface area contributed by atoms with E-state index < -0.39 is 0 Å². The maximum absolute atomic E-state index is 5.31. The van der Waals surface area contributed by atoms with Crippen molar-refractivity contribution in [2.45, 2.75) is 25.8 Å². The fourth-order valence-corrected chi connectivity index (χ4v) is 2.02. The first-order valence-electron chi connectivity index (χ1n) is 6.08. The lowest BCUT2D eigenvalue weighted by molar-refractivity contribution is 0.308. The molecule has 1 N–H and O–H groups in total. The van der Waals surface area contributed by atoms with Crippen molar-refractivity contribution < 1.29 is 4.52 Å². The topological polar surface area (TPSA) is 55.9 Å². The summed E-state index contributed by atoms with van der Waals surface area (Å²) in [5.41, 5.74) is 1.04. The van der Waals surface area contributed by atoms with Crippen molar-refractivity contribution in [2.75, 3.05) is 13.1 Å². The van der Waals surface area contributed by atoms with Crippen LogP contribution in [0.5, 0.6) is 0 Å². The molecule has 5 nitrogen and oxygen atoms in total. The van der Waals surface area contributed by atoms with Gasteiger partial charge in [-0.1, -0.05) is 12.1 Å². The molecule has 1 saturated heterocycles. The van der Waals surface area contributed by atoms with Crippen LogP contribution in [0.25, 0.3) is 11.5 Å². The Hall–Kier alpha value is -1.62. The van der Waals surface area contributed by atoms with Gasteiger partial charge in [-0.2, -0.15) is 4.98 Å². The summed E-state index contributed by atoms with van der Waals surface area (Å²) >= 11 is 0. The van der Waals surface area contributed by atoms with Gasteiger partial charge < -0.3 is 14.4 Å². The van der Waals surface area contributed by atoms with Crippen molar-refractivity contribution in [3.8, 4) is 11.5 Å². The van der Waals surface area contributed by atoms with Crippen molar-refractivity contribution in [1.82, 2.24) is 20.0 Å². The molecule has 1 aliphatic heterocycles. The molecule has 90 valence electrons. The van der Waals surface area contributed by atoms with E-state index in [1.54, 1.807) is 0 Å². The molecule has 0 spiro atoms. The molecule has 0 saturated carbocycles. The van der Waals surface area contributed by atoms with Gasteiger partial charge in [0, 0.05) is 25.8 Å². The highest BCUT2D eigenvalue weighted by Gasteiger charge is 2.25. The normalized spacial score (nSPS) is 16.1. The van der Waals surface area contributed by atoms with Gasteiger partial charge in [0.15, 0.2) is 0 Å². The highest BCUT2D eigenvalue weighted by molar-refractivity contribution is 5.49. The molecule has 0 unspecified atom stereocenters. The number of aryl methyl sites for hydroxylation is 1. The Bertz CT molecular complexity index is 498. The minimum atomic E-state index is 0.394. The molecule has 1 fully saturated rings. The van der Waals surface area contributed by atoms with Crippen molar-refractivity contribution in [3.63, 3.8) is 0 Å². The second-order valence-corrected chi connectivity index (χ2v) is 4.40. The van der Waals surface area contributed by atoms with Gasteiger partial charge in [-0.05, 0) is 18.6 Å². The molecular weight excluding hydrogens is 216 g/mol. The molecule has 17 heavy (non-hydrogen) atoms. The quantitative estimate of drug-likeness (QED) is 0.870. The molecule has 0 aromatic carbocycles. The number of aromatic nitrogens is 3. The number of nitrogens with zero attached hydrogens (tertiary/aromatic N) is 3. The molecule has 2 aromatic rings. The van der Waals surface area contributed by atoms with Crippen LogP contribution in [-0.4, -0.2) is 27.8 Å². The molecule has 5 heteroatoms. The lowest BCUT2D eigenvalue weighted by Crippen LogP contribution is -2.40. The molecular formula is C12H16N4O. The average molecular weight is 232 g/mol. The summed E-state index contributed by atoms with van der Waals surface area (Å²) in [7, 11) is 0. The van der Waals surface area contributed by atoms with Crippen LogP contribution < -0.4 is 5.32 Å². The third-order valence-corrected chi connectivity index (χ3v) is 3.10. The second kappa shape index (κ2) is 4.33. The van der Waals surface area contributed by atoms with Crippen molar-refractivity contribution >= 4 is 0 Å². The third kappa shape index (κ3) is 1.86. The minimum absolute atomic E-state index is 0.394. The van der Waals surface area contributed by atoms with Crippen LogP contribution in [0.1, 0.15) is 25.2 Å². The van der Waals surface area contributed by atoms with Crippen LogP contribution in [0, 0.1) is 0 Å². The van der Waals surface area contributed by atoms with E-state index in [0.717, 1.165) is 37.6 Å². The first-order valence-corrected chi connectivity index (χ1v) is 6.08. The summed E-state index contributed by atoms with van der Waals surface area (Å²) in [6, 6.07) is 4.05. The van der Waals surface area contributed by atoms with Gasteiger partial charge in [-0.15, -0.1) is 0 Å². The van der Waals surface area contributed by atoms with E-state index in [4.69, 9.17) is 4.52 Å². The predicted molar refractivity (Wildman–Crippen MR) is 63.6 cm³/mol. The Balaban J connectivity index is 1.87. The molecule has 0 atom stereocenters. The third-order valence-electron chi connectivity index (χ3n) is 3.10. The average Bonchev–Trinajstić information content (AvgIpc) is 2.84. The maximum atomic E-state index is 5.31. The number of rotatable bonds is 4. The van der Waals surface area contributed by atoms with E-state index in [9.17, 15) is 0 Å². The van der Waals surface area contributed by atoms with Gasteiger partial charge >= 0.3 is 0 Å². The van der Waals surface area contributed by atoms with Crippen LogP contribution in [0.2, 0.25) is 0 Å². The van der Waals surface area contributed by atoms with Crippen LogP contribution in [0.15, 0.2) is 22.9 Å². The van der Waals surface area contributed by atoms with Gasteiger partial charge in [0.2, 0.25) is 11.7 Å². The van der Waals surface area contributed by atoms with Crippen molar-refractivity contribution in [2.24, 2.45) is 0 Å². The largest absolute Gasteiger partial charge is 0.345 e. The number of hydrogen-bond acceptors (Lipinski definition) is 4. The zero-order valence-corrected chi connectivity index (χ0v) is 9.89. The lowest BCUT2D eigenvalue weighted by Gasteiger charge is -2.22. The van der Waals surface area contributed by atoms with E-state index in [0.29, 0.717) is 11.7 Å². The predicted octanol–water partition coefficient (Wildman–Crippen LogP) is 1.63. The van der Waals surface area contributed by atoms with Gasteiger partial charge in [-0.3, -0.25) is 0 Å². The van der Waals surface area contributed by atoms with Crippen LogP contribution in [-0.2, 0) is 6.54 Å². The fraction of sp³-hybridized carbons (Fsp3) is 0.500. The highest BCUT2D eigenvalue weighted by Crippen LogP contribution is 2.22. The Morgan fingerprint density at radius 3 is 3.12 bits per heavy atom. The standard InChI is InChI=1S/C12H16N4O/c1-2-5-16-6-3-4-10(16)11-14-12(17-15-11)9-7-13-8-9/h3-4,6,9,13H,2,5,7-8H2,1H3.